The van der Waals surface area contributed by atoms with E-state index in [1.807, 2.05) is 13.8 Å². The molecule has 0 atom stereocenters. The van der Waals surface area contributed by atoms with Crippen molar-refractivity contribution in [2.75, 3.05) is 44.4 Å². The van der Waals surface area contributed by atoms with Crippen molar-refractivity contribution in [2.45, 2.75) is 20.3 Å². The molecular weight excluding hydrogens is 260 g/mol. The number of carbonyl (C=O) groups is 1. The first-order chi connectivity index (χ1) is 9.47. The fraction of sp³-hybridized carbons (Fsp3) is 0.667. The van der Waals surface area contributed by atoms with Crippen molar-refractivity contribution in [1.82, 2.24) is 19.9 Å². The summed E-state index contributed by atoms with van der Waals surface area (Å²) in [5, 5.41) is 0. The lowest BCUT2D eigenvalue weighted by atomic mass is 10.4. The zero-order chi connectivity index (χ0) is 15.1. The normalized spacial score (nSPS) is 10.2. The molecule has 0 radical (unpaired) electrons. The largest absolute Gasteiger partial charge is 0.464 e. The second kappa shape index (κ2) is 7.46. The molecule has 0 fully saturated rings. The maximum absolute atomic E-state index is 11.8. The van der Waals surface area contributed by atoms with Gasteiger partial charge in [-0.1, -0.05) is 6.92 Å². The fourth-order valence-corrected chi connectivity index (χ4v) is 1.52. The number of nitrogen functional groups attached to an aromatic ring is 1. The van der Waals surface area contributed by atoms with Crippen molar-refractivity contribution in [3.05, 3.63) is 0 Å². The van der Waals surface area contributed by atoms with Crippen LogP contribution in [-0.4, -0.2) is 59.6 Å². The fourth-order valence-electron chi connectivity index (χ4n) is 1.52. The van der Waals surface area contributed by atoms with E-state index in [2.05, 4.69) is 15.0 Å². The molecule has 0 spiro atoms. The summed E-state index contributed by atoms with van der Waals surface area (Å²) < 4.78 is 5.24. The number of nitrogens with two attached hydrogens (primary N) is 1. The number of anilines is 2. The summed E-state index contributed by atoms with van der Waals surface area (Å²) in [7, 11) is 3.42. The average molecular weight is 282 g/mol. The molecule has 20 heavy (non-hydrogen) atoms. The predicted molar refractivity (Wildman–Crippen MR) is 76.6 cm³/mol. The topological polar surface area (TPSA) is 97.5 Å². The molecule has 0 saturated heterocycles. The minimum atomic E-state index is -0.0320. The average Bonchev–Trinajstić information content (AvgIpc) is 2.37. The van der Waals surface area contributed by atoms with E-state index < -0.39 is 0 Å². The van der Waals surface area contributed by atoms with Crippen molar-refractivity contribution in [3.8, 4) is 6.01 Å². The minimum absolute atomic E-state index is 0.0320. The highest BCUT2D eigenvalue weighted by Gasteiger charge is 2.17. The van der Waals surface area contributed by atoms with E-state index in [-0.39, 0.29) is 24.4 Å². The van der Waals surface area contributed by atoms with Crippen LogP contribution >= 0.6 is 0 Å². The molecule has 0 unspecified atom stereocenters. The highest BCUT2D eigenvalue weighted by Crippen LogP contribution is 2.14. The first-order valence-electron chi connectivity index (χ1n) is 6.57. The van der Waals surface area contributed by atoms with Gasteiger partial charge in [-0.25, -0.2) is 0 Å². The lowest BCUT2D eigenvalue weighted by Crippen LogP contribution is -2.38. The zero-order valence-corrected chi connectivity index (χ0v) is 12.5. The smallest absolute Gasteiger partial charge is 0.323 e. The molecule has 8 heteroatoms. The summed E-state index contributed by atoms with van der Waals surface area (Å²) in [5.41, 5.74) is 5.65. The second-order valence-corrected chi connectivity index (χ2v) is 4.42. The summed E-state index contributed by atoms with van der Waals surface area (Å²) in [5.74, 6) is 0.408. The Morgan fingerprint density at radius 1 is 1.25 bits per heavy atom. The molecule has 2 N–H and O–H groups in total. The van der Waals surface area contributed by atoms with Crippen LogP contribution in [-0.2, 0) is 4.79 Å². The quantitative estimate of drug-likeness (QED) is 0.760. The molecule has 0 aromatic carbocycles. The number of carbonyl (C=O) groups excluding carboxylic acids is 1. The molecule has 1 amide bonds. The van der Waals surface area contributed by atoms with Crippen molar-refractivity contribution in [2.24, 2.45) is 0 Å². The standard InChI is InChI=1S/C12H22N6O2/c1-5-7-18(8-9(19)17(3)4)11-14-10(13)15-12(16-11)20-6-2/h5-8H2,1-4H3,(H2,13,14,15,16). The van der Waals surface area contributed by atoms with E-state index in [1.54, 1.807) is 19.0 Å². The minimum Gasteiger partial charge on any atom is -0.464 e. The van der Waals surface area contributed by atoms with Gasteiger partial charge in [0.15, 0.2) is 0 Å². The Kier molecular flexibility index (Phi) is 5.95. The molecular formula is C12H22N6O2. The van der Waals surface area contributed by atoms with Crippen LogP contribution in [0.1, 0.15) is 20.3 Å². The van der Waals surface area contributed by atoms with Gasteiger partial charge in [0, 0.05) is 20.6 Å². The Balaban J connectivity index is 2.98. The van der Waals surface area contributed by atoms with Crippen molar-refractivity contribution < 1.29 is 9.53 Å². The van der Waals surface area contributed by atoms with E-state index in [4.69, 9.17) is 10.5 Å². The van der Waals surface area contributed by atoms with Gasteiger partial charge in [0.2, 0.25) is 17.8 Å². The predicted octanol–water partition coefficient (Wildman–Crippen LogP) is 0.157. The third-order valence-electron chi connectivity index (χ3n) is 2.50. The second-order valence-electron chi connectivity index (χ2n) is 4.42. The molecule has 8 nitrogen and oxygen atoms in total. The molecule has 0 bridgehead atoms. The molecule has 0 aliphatic heterocycles. The van der Waals surface area contributed by atoms with Crippen LogP contribution in [0.4, 0.5) is 11.9 Å². The van der Waals surface area contributed by atoms with E-state index in [0.717, 1.165) is 6.42 Å². The number of hydrogen-bond acceptors (Lipinski definition) is 7. The van der Waals surface area contributed by atoms with Gasteiger partial charge in [-0.2, -0.15) is 15.0 Å². The van der Waals surface area contributed by atoms with Crippen LogP contribution in [0.5, 0.6) is 6.01 Å². The zero-order valence-electron chi connectivity index (χ0n) is 12.5. The summed E-state index contributed by atoms with van der Waals surface area (Å²) in [6.45, 7) is 5.12. The van der Waals surface area contributed by atoms with Crippen molar-refractivity contribution in [3.63, 3.8) is 0 Å². The van der Waals surface area contributed by atoms with Crippen LogP contribution in [0.3, 0.4) is 0 Å². The number of aromatic nitrogens is 3. The SMILES string of the molecule is CCCN(CC(=O)N(C)C)c1nc(N)nc(OCC)n1. The van der Waals surface area contributed by atoms with Gasteiger partial charge >= 0.3 is 6.01 Å². The van der Waals surface area contributed by atoms with Gasteiger partial charge in [-0.05, 0) is 13.3 Å². The maximum Gasteiger partial charge on any atom is 0.323 e. The monoisotopic (exact) mass is 282 g/mol. The summed E-state index contributed by atoms with van der Waals surface area (Å²) in [6, 6.07) is 0.174. The Hall–Kier alpha value is -2.12. The van der Waals surface area contributed by atoms with E-state index in [1.165, 1.54) is 4.90 Å². The van der Waals surface area contributed by atoms with Crippen LogP contribution in [0.25, 0.3) is 0 Å². The third kappa shape index (κ3) is 4.52. The van der Waals surface area contributed by atoms with Gasteiger partial charge in [0.05, 0.1) is 13.2 Å². The highest BCUT2D eigenvalue weighted by atomic mass is 16.5. The summed E-state index contributed by atoms with van der Waals surface area (Å²) in [6.07, 6.45) is 0.857. The van der Waals surface area contributed by atoms with Crippen LogP contribution in [0, 0.1) is 0 Å². The number of nitrogens with zero attached hydrogens (tertiary/aromatic N) is 5. The Labute approximate surface area is 119 Å². The van der Waals surface area contributed by atoms with E-state index >= 15 is 0 Å². The van der Waals surface area contributed by atoms with Crippen molar-refractivity contribution >= 4 is 17.8 Å². The molecule has 1 aromatic rings. The maximum atomic E-state index is 11.8. The number of ether oxygens (including phenoxy) is 1. The van der Waals surface area contributed by atoms with Gasteiger partial charge in [-0.15, -0.1) is 0 Å². The third-order valence-corrected chi connectivity index (χ3v) is 2.50. The highest BCUT2D eigenvalue weighted by molar-refractivity contribution is 5.80. The van der Waals surface area contributed by atoms with E-state index in [0.29, 0.717) is 19.1 Å². The molecule has 1 aromatic heterocycles. The Bertz CT molecular complexity index is 452. The molecule has 0 aliphatic rings. The summed E-state index contributed by atoms with van der Waals surface area (Å²) >= 11 is 0. The molecule has 112 valence electrons. The number of hydrogen-bond donors (Lipinski definition) is 1. The Morgan fingerprint density at radius 2 is 1.95 bits per heavy atom. The molecule has 1 rings (SSSR count). The first-order valence-corrected chi connectivity index (χ1v) is 6.57. The molecule has 0 aliphatic carbocycles. The lowest BCUT2D eigenvalue weighted by Gasteiger charge is -2.23. The summed E-state index contributed by atoms with van der Waals surface area (Å²) in [4.78, 5) is 27.3. The van der Waals surface area contributed by atoms with E-state index in [9.17, 15) is 4.79 Å². The first kappa shape index (κ1) is 15.9. The Morgan fingerprint density at radius 3 is 2.50 bits per heavy atom. The molecule has 1 heterocycles. The lowest BCUT2D eigenvalue weighted by molar-refractivity contribution is -0.127. The number of likely N-dealkylation sites (N-methyl/N-ethyl adjacent to an activating group) is 1. The van der Waals surface area contributed by atoms with Gasteiger partial charge in [-0.3, -0.25) is 4.79 Å². The van der Waals surface area contributed by atoms with Gasteiger partial charge < -0.3 is 20.3 Å². The van der Waals surface area contributed by atoms with Crippen molar-refractivity contribution in [1.29, 1.82) is 0 Å². The van der Waals surface area contributed by atoms with Crippen LogP contribution < -0.4 is 15.4 Å². The van der Waals surface area contributed by atoms with Crippen LogP contribution in [0.2, 0.25) is 0 Å². The number of amides is 1. The van der Waals surface area contributed by atoms with Crippen LogP contribution in [0.15, 0.2) is 0 Å². The number of rotatable bonds is 7. The van der Waals surface area contributed by atoms with Gasteiger partial charge in [0.1, 0.15) is 0 Å². The molecule has 0 saturated carbocycles. The van der Waals surface area contributed by atoms with Gasteiger partial charge in [0.25, 0.3) is 0 Å².